The minimum Gasteiger partial charge on any atom is -0.457 e. The molecule has 3 aliphatic heterocycles. The average molecular weight is 504 g/mol. The van der Waals surface area contributed by atoms with Gasteiger partial charge in [0.15, 0.2) is 0 Å². The maximum Gasteiger partial charge on any atom is 0.327 e. The molecule has 3 aliphatic rings. The Morgan fingerprint density at radius 1 is 1.08 bits per heavy atom. The van der Waals surface area contributed by atoms with E-state index in [-0.39, 0.29) is 18.0 Å². The molecule has 1 fully saturated rings. The summed E-state index contributed by atoms with van der Waals surface area (Å²) in [5, 5.41) is 19.3. The normalized spacial score (nSPS) is 24.6. The number of aliphatic hydroxyl groups excluding tert-OH is 1. The molecule has 0 spiro atoms. The molecule has 4 heterocycles. The number of β-amino-alcohol motifs (C(OH)–C–C–N with tert-alkyl or cyclic N) is 1. The van der Waals surface area contributed by atoms with Gasteiger partial charge in [0.1, 0.15) is 21.8 Å². The summed E-state index contributed by atoms with van der Waals surface area (Å²) in [7, 11) is 0. The van der Waals surface area contributed by atoms with Crippen molar-refractivity contribution in [3.05, 3.63) is 72.4 Å². The zero-order chi connectivity index (χ0) is 24.6. The predicted octanol–water partition coefficient (Wildman–Crippen LogP) is 3.09. The molecule has 1 aromatic heterocycles. The molecule has 2 unspecified atom stereocenters. The molecule has 2 aromatic carbocycles. The number of urea groups is 1. The van der Waals surface area contributed by atoms with Crippen molar-refractivity contribution in [1.29, 1.82) is 0 Å². The van der Waals surface area contributed by atoms with E-state index < -0.39 is 17.4 Å². The molecule has 0 aliphatic carbocycles. The number of piperidine rings is 1. The Labute approximate surface area is 212 Å². The summed E-state index contributed by atoms with van der Waals surface area (Å²) in [6.45, 7) is 1.13. The first-order chi connectivity index (χ1) is 17.6. The van der Waals surface area contributed by atoms with Crippen molar-refractivity contribution < 1.29 is 19.4 Å². The number of aromatic nitrogens is 1. The van der Waals surface area contributed by atoms with Crippen LogP contribution in [0, 0.1) is 0 Å². The fourth-order valence-electron chi connectivity index (χ4n) is 4.88. The summed E-state index contributed by atoms with van der Waals surface area (Å²) in [4.78, 5) is 32.6. The number of carbonyl (C=O) groups excluding carboxylic acids is 2. The van der Waals surface area contributed by atoms with E-state index in [1.54, 1.807) is 17.2 Å². The Bertz CT molecular complexity index is 1290. The van der Waals surface area contributed by atoms with E-state index in [9.17, 15) is 14.7 Å². The van der Waals surface area contributed by atoms with Crippen LogP contribution >= 0.6 is 11.8 Å². The summed E-state index contributed by atoms with van der Waals surface area (Å²) in [6.07, 6.45) is 1.68. The highest BCUT2D eigenvalue weighted by atomic mass is 32.2. The van der Waals surface area contributed by atoms with Crippen LogP contribution in [-0.2, 0) is 4.79 Å². The standard InChI is InChI=1S/C26H25N5O4S/c32-17-12-15(13-27-14-17)29-24(33)23-22-21-20(10-11-28-25(21)36-23)31(26(34)30-22)16-6-8-19(9-7-16)35-18-4-2-1-3-5-18/h1-11,15,17,22-23,27,32H,12-14H2,(H,29,33)(H,30,34)/t15-,17-,22?,23?/m1/s1. The summed E-state index contributed by atoms with van der Waals surface area (Å²) in [5.41, 5.74) is 2.23. The van der Waals surface area contributed by atoms with Crippen LogP contribution in [0.3, 0.4) is 0 Å². The number of benzene rings is 2. The first-order valence-corrected chi connectivity index (χ1v) is 12.7. The van der Waals surface area contributed by atoms with Gasteiger partial charge in [0.2, 0.25) is 5.91 Å². The highest BCUT2D eigenvalue weighted by Gasteiger charge is 2.47. The zero-order valence-corrected chi connectivity index (χ0v) is 20.1. The van der Waals surface area contributed by atoms with E-state index in [0.29, 0.717) is 36.6 Å². The number of thioether (sulfide) groups is 1. The lowest BCUT2D eigenvalue weighted by Crippen LogP contribution is -2.54. The molecule has 0 bridgehead atoms. The lowest BCUT2D eigenvalue weighted by molar-refractivity contribution is -0.122. The molecule has 184 valence electrons. The van der Waals surface area contributed by atoms with Crippen molar-refractivity contribution in [2.24, 2.45) is 0 Å². The SMILES string of the molecule is O=C(N[C@H]1CNC[C@H](O)C1)C1Sc2nccc3c2C1NC(=O)N3c1ccc(Oc2ccccc2)cc1. The number of rotatable bonds is 5. The summed E-state index contributed by atoms with van der Waals surface area (Å²) >= 11 is 1.36. The fraction of sp³-hybridized carbons (Fsp3) is 0.269. The van der Waals surface area contributed by atoms with Gasteiger partial charge in [-0.3, -0.25) is 9.69 Å². The van der Waals surface area contributed by atoms with Crippen LogP contribution in [0.5, 0.6) is 11.5 Å². The van der Waals surface area contributed by atoms with Gasteiger partial charge in [-0.25, -0.2) is 9.78 Å². The fourth-order valence-corrected chi connectivity index (χ4v) is 6.12. The third-order valence-corrected chi connectivity index (χ3v) is 7.80. The van der Waals surface area contributed by atoms with Gasteiger partial charge in [0.05, 0.1) is 23.5 Å². The molecule has 4 N–H and O–H groups in total. The van der Waals surface area contributed by atoms with Crippen molar-refractivity contribution in [3.8, 4) is 11.5 Å². The number of carbonyl (C=O) groups is 2. The van der Waals surface area contributed by atoms with Crippen LogP contribution in [0.2, 0.25) is 0 Å². The largest absolute Gasteiger partial charge is 0.457 e. The lowest BCUT2D eigenvalue weighted by atomic mass is 9.99. The van der Waals surface area contributed by atoms with Gasteiger partial charge in [-0.05, 0) is 48.9 Å². The Kier molecular flexibility index (Phi) is 6.00. The monoisotopic (exact) mass is 503 g/mol. The first kappa shape index (κ1) is 22.8. The maximum absolute atomic E-state index is 13.3. The number of nitrogens with zero attached hydrogens (tertiary/aromatic N) is 2. The van der Waals surface area contributed by atoms with Crippen molar-refractivity contribution in [1.82, 2.24) is 20.9 Å². The van der Waals surface area contributed by atoms with Gasteiger partial charge in [0.25, 0.3) is 0 Å². The Hall–Kier alpha value is -3.60. The van der Waals surface area contributed by atoms with Crippen LogP contribution in [-0.4, -0.2) is 52.5 Å². The molecule has 9 nitrogen and oxygen atoms in total. The zero-order valence-electron chi connectivity index (χ0n) is 19.3. The second-order valence-electron chi connectivity index (χ2n) is 9.01. The van der Waals surface area contributed by atoms with E-state index in [4.69, 9.17) is 4.74 Å². The van der Waals surface area contributed by atoms with Crippen LogP contribution in [0.25, 0.3) is 0 Å². The van der Waals surface area contributed by atoms with Gasteiger partial charge in [0, 0.05) is 30.9 Å². The van der Waals surface area contributed by atoms with Gasteiger partial charge in [-0.2, -0.15) is 0 Å². The molecule has 10 heteroatoms. The second-order valence-corrected chi connectivity index (χ2v) is 10.1. The van der Waals surface area contributed by atoms with Gasteiger partial charge >= 0.3 is 6.03 Å². The van der Waals surface area contributed by atoms with E-state index in [0.717, 1.165) is 16.3 Å². The molecule has 0 saturated carbocycles. The molecule has 0 radical (unpaired) electrons. The minimum absolute atomic E-state index is 0.162. The van der Waals surface area contributed by atoms with Gasteiger partial charge in [-0.1, -0.05) is 30.0 Å². The number of hydrogen-bond acceptors (Lipinski definition) is 7. The molecule has 4 atom stereocenters. The van der Waals surface area contributed by atoms with E-state index in [1.165, 1.54) is 11.8 Å². The number of ether oxygens (including phenoxy) is 1. The number of pyridine rings is 1. The number of hydrogen-bond donors (Lipinski definition) is 4. The topological polar surface area (TPSA) is 116 Å². The molecule has 3 amide bonds. The van der Waals surface area contributed by atoms with Crippen molar-refractivity contribution >= 4 is 35.1 Å². The van der Waals surface area contributed by atoms with E-state index in [1.807, 2.05) is 54.6 Å². The molecule has 3 aromatic rings. The number of aliphatic hydroxyl groups is 1. The Morgan fingerprint density at radius 3 is 2.64 bits per heavy atom. The number of nitrogens with one attached hydrogen (secondary N) is 3. The number of amides is 3. The van der Waals surface area contributed by atoms with E-state index in [2.05, 4.69) is 20.9 Å². The Morgan fingerprint density at radius 2 is 1.86 bits per heavy atom. The molecule has 6 rings (SSSR count). The van der Waals surface area contributed by atoms with Crippen LogP contribution in [0.4, 0.5) is 16.2 Å². The van der Waals surface area contributed by atoms with Crippen LogP contribution in [0.1, 0.15) is 18.0 Å². The number of para-hydroxylation sites is 1. The van der Waals surface area contributed by atoms with Crippen molar-refractivity contribution in [2.45, 2.75) is 34.9 Å². The second kappa shape index (κ2) is 9.45. The lowest BCUT2D eigenvalue weighted by Gasteiger charge is -2.35. The third-order valence-electron chi connectivity index (χ3n) is 6.51. The van der Waals surface area contributed by atoms with Crippen molar-refractivity contribution in [2.75, 3.05) is 18.0 Å². The van der Waals surface area contributed by atoms with Crippen molar-refractivity contribution in [3.63, 3.8) is 0 Å². The van der Waals surface area contributed by atoms with Crippen LogP contribution in [0.15, 0.2) is 71.9 Å². The summed E-state index contributed by atoms with van der Waals surface area (Å²) in [6, 6.07) is 17.6. The number of anilines is 2. The molecule has 1 saturated heterocycles. The first-order valence-electron chi connectivity index (χ1n) is 11.8. The molecular weight excluding hydrogens is 478 g/mol. The quantitative estimate of drug-likeness (QED) is 0.423. The maximum atomic E-state index is 13.3. The molecular formula is C26H25N5O4S. The highest BCUT2D eigenvalue weighted by Crippen LogP contribution is 2.50. The predicted molar refractivity (Wildman–Crippen MR) is 136 cm³/mol. The summed E-state index contributed by atoms with van der Waals surface area (Å²) < 4.78 is 5.88. The smallest absolute Gasteiger partial charge is 0.327 e. The van der Waals surface area contributed by atoms with E-state index >= 15 is 0 Å². The van der Waals surface area contributed by atoms with Crippen LogP contribution < -0.4 is 25.6 Å². The minimum atomic E-state index is -0.541. The Balaban J connectivity index is 1.23. The van der Waals surface area contributed by atoms with Gasteiger partial charge in [-0.15, -0.1) is 0 Å². The third kappa shape index (κ3) is 4.27. The summed E-state index contributed by atoms with van der Waals surface area (Å²) in [5.74, 6) is 1.22. The van der Waals surface area contributed by atoms with Gasteiger partial charge < -0.3 is 25.8 Å². The average Bonchev–Trinajstić information content (AvgIpc) is 3.25. The molecule has 36 heavy (non-hydrogen) atoms. The highest BCUT2D eigenvalue weighted by molar-refractivity contribution is 8.01.